The summed E-state index contributed by atoms with van der Waals surface area (Å²) in [4.78, 5) is 17.8. The van der Waals surface area contributed by atoms with Crippen molar-refractivity contribution in [2.45, 2.75) is 44.1 Å². The number of hydrogen-bond donors (Lipinski definition) is 2. The van der Waals surface area contributed by atoms with E-state index >= 15 is 0 Å². The minimum absolute atomic E-state index is 0.227. The highest BCUT2D eigenvalue weighted by Crippen LogP contribution is 2.29. The molecule has 1 amide bonds. The van der Waals surface area contributed by atoms with Gasteiger partial charge in [0.1, 0.15) is 0 Å². The number of carbonyl (C=O) groups excluding carboxylic acids is 1. The number of likely N-dealkylation sites (tertiary alicyclic amines) is 1. The van der Waals surface area contributed by atoms with Crippen LogP contribution in [-0.4, -0.2) is 41.5 Å². The predicted molar refractivity (Wildman–Crippen MR) is 92.5 cm³/mol. The number of aromatic nitrogens is 1. The molecule has 1 aliphatic heterocycles. The number of nitrogens with zero attached hydrogens (tertiary/aromatic N) is 1. The van der Waals surface area contributed by atoms with Crippen LogP contribution in [0, 0.1) is 0 Å². The molecule has 0 atom stereocenters. The van der Waals surface area contributed by atoms with Gasteiger partial charge in [-0.3, -0.25) is 4.79 Å². The molecule has 2 N–H and O–H groups in total. The molecule has 1 aromatic heterocycles. The third kappa shape index (κ3) is 3.58. The minimum Gasteiger partial charge on any atom is -0.358 e. The zero-order valence-corrected chi connectivity index (χ0v) is 13.6. The van der Waals surface area contributed by atoms with Crippen LogP contribution in [0.25, 0.3) is 10.9 Å². The number of rotatable bonds is 5. The van der Waals surface area contributed by atoms with Crippen molar-refractivity contribution in [1.29, 1.82) is 0 Å². The molecular weight excluding hydrogens is 286 g/mol. The maximum absolute atomic E-state index is 11.8. The minimum atomic E-state index is 0.227. The zero-order valence-electron chi connectivity index (χ0n) is 13.6. The van der Waals surface area contributed by atoms with Crippen LogP contribution < -0.4 is 5.32 Å². The van der Waals surface area contributed by atoms with Gasteiger partial charge in [-0.25, -0.2) is 0 Å². The van der Waals surface area contributed by atoms with Gasteiger partial charge in [-0.1, -0.05) is 18.2 Å². The van der Waals surface area contributed by atoms with Gasteiger partial charge in [-0.05, 0) is 56.3 Å². The van der Waals surface area contributed by atoms with Crippen LogP contribution in [0.2, 0.25) is 0 Å². The monoisotopic (exact) mass is 311 g/mol. The fraction of sp³-hybridized carbons (Fsp3) is 0.526. The van der Waals surface area contributed by atoms with E-state index < -0.39 is 0 Å². The van der Waals surface area contributed by atoms with E-state index in [9.17, 15) is 4.79 Å². The lowest BCUT2D eigenvalue weighted by Gasteiger charge is -2.31. The van der Waals surface area contributed by atoms with Crippen molar-refractivity contribution in [3.63, 3.8) is 0 Å². The van der Waals surface area contributed by atoms with E-state index in [4.69, 9.17) is 0 Å². The number of hydrogen-bond acceptors (Lipinski definition) is 2. The highest BCUT2D eigenvalue weighted by Gasteiger charge is 2.25. The third-order valence-electron chi connectivity index (χ3n) is 5.18. The fourth-order valence-corrected chi connectivity index (χ4v) is 3.57. The molecule has 4 nitrogen and oxygen atoms in total. The first-order valence-electron chi connectivity index (χ1n) is 8.87. The van der Waals surface area contributed by atoms with Crippen LogP contribution in [0.1, 0.15) is 43.7 Å². The Hall–Kier alpha value is -1.81. The first-order chi connectivity index (χ1) is 11.3. The van der Waals surface area contributed by atoms with Gasteiger partial charge >= 0.3 is 0 Å². The molecule has 0 spiro atoms. The van der Waals surface area contributed by atoms with E-state index in [1.54, 1.807) is 0 Å². The van der Waals surface area contributed by atoms with Crippen molar-refractivity contribution in [2.24, 2.45) is 0 Å². The topological polar surface area (TPSA) is 48.1 Å². The Labute approximate surface area is 137 Å². The van der Waals surface area contributed by atoms with Gasteiger partial charge in [0.05, 0.1) is 0 Å². The van der Waals surface area contributed by atoms with Crippen LogP contribution in [0.15, 0.2) is 30.3 Å². The Morgan fingerprint density at radius 3 is 2.70 bits per heavy atom. The molecule has 1 saturated carbocycles. The Bertz CT molecular complexity index is 648. The number of amides is 1. The largest absolute Gasteiger partial charge is 0.358 e. The summed E-state index contributed by atoms with van der Waals surface area (Å²) in [5.41, 5.74) is 2.61. The zero-order chi connectivity index (χ0) is 15.6. The maximum Gasteiger partial charge on any atom is 0.221 e. The lowest BCUT2D eigenvalue weighted by Crippen LogP contribution is -2.36. The van der Waals surface area contributed by atoms with Crippen LogP contribution in [0.4, 0.5) is 0 Å². The second kappa shape index (κ2) is 6.36. The average Bonchev–Trinajstić information content (AvgIpc) is 3.28. The SMILES string of the molecule is O=C(CCN1CCC(c2cc3ccccc3[nH]2)CC1)NC1CC1. The van der Waals surface area contributed by atoms with Crippen LogP contribution in [0.3, 0.4) is 0 Å². The van der Waals surface area contributed by atoms with Gasteiger partial charge in [0.15, 0.2) is 0 Å². The summed E-state index contributed by atoms with van der Waals surface area (Å²) in [6.45, 7) is 3.09. The number of H-pyrrole nitrogens is 1. The normalized spacial score (nSPS) is 20.0. The molecular formula is C19H25N3O. The van der Waals surface area contributed by atoms with Crippen LogP contribution in [-0.2, 0) is 4.79 Å². The van der Waals surface area contributed by atoms with E-state index in [1.165, 1.54) is 42.3 Å². The Kier molecular flexibility index (Phi) is 4.08. The molecule has 1 aromatic carbocycles. The third-order valence-corrected chi connectivity index (χ3v) is 5.18. The first kappa shape index (κ1) is 14.8. The number of benzene rings is 1. The van der Waals surface area contributed by atoms with E-state index in [0.717, 1.165) is 19.6 Å². The lowest BCUT2D eigenvalue weighted by atomic mass is 9.93. The second-order valence-electron chi connectivity index (χ2n) is 7.02. The fourth-order valence-electron chi connectivity index (χ4n) is 3.57. The molecule has 2 aliphatic rings. The molecule has 122 valence electrons. The highest BCUT2D eigenvalue weighted by atomic mass is 16.1. The van der Waals surface area contributed by atoms with Gasteiger partial charge in [-0.2, -0.15) is 0 Å². The Balaban J connectivity index is 1.27. The van der Waals surface area contributed by atoms with Gasteiger partial charge in [-0.15, -0.1) is 0 Å². The van der Waals surface area contributed by atoms with Crippen molar-refractivity contribution in [2.75, 3.05) is 19.6 Å². The molecule has 0 radical (unpaired) electrons. The van der Waals surface area contributed by atoms with E-state index in [0.29, 0.717) is 18.4 Å². The second-order valence-corrected chi connectivity index (χ2v) is 7.02. The lowest BCUT2D eigenvalue weighted by molar-refractivity contribution is -0.121. The number of carbonyl (C=O) groups is 1. The average molecular weight is 311 g/mol. The summed E-state index contributed by atoms with van der Waals surface area (Å²) in [6, 6.07) is 11.3. The molecule has 4 heteroatoms. The molecule has 2 fully saturated rings. The smallest absolute Gasteiger partial charge is 0.221 e. The van der Waals surface area contributed by atoms with Crippen LogP contribution >= 0.6 is 0 Å². The summed E-state index contributed by atoms with van der Waals surface area (Å²) >= 11 is 0. The summed E-state index contributed by atoms with van der Waals surface area (Å²) < 4.78 is 0. The van der Waals surface area contributed by atoms with E-state index in [-0.39, 0.29) is 5.91 Å². The van der Waals surface area contributed by atoms with Crippen molar-refractivity contribution < 1.29 is 4.79 Å². The molecule has 23 heavy (non-hydrogen) atoms. The van der Waals surface area contributed by atoms with Gasteiger partial charge in [0.2, 0.25) is 5.91 Å². The number of aromatic amines is 1. The van der Waals surface area contributed by atoms with E-state index in [2.05, 4.69) is 45.5 Å². The van der Waals surface area contributed by atoms with Crippen molar-refractivity contribution in [3.8, 4) is 0 Å². The van der Waals surface area contributed by atoms with Crippen molar-refractivity contribution >= 4 is 16.8 Å². The molecule has 1 saturated heterocycles. The highest BCUT2D eigenvalue weighted by molar-refractivity contribution is 5.80. The molecule has 2 aromatic rings. The Morgan fingerprint density at radius 1 is 1.17 bits per heavy atom. The maximum atomic E-state index is 11.8. The standard InChI is InChI=1S/C19H25N3O/c23-19(20-16-5-6-16)9-12-22-10-7-14(8-11-22)18-13-15-3-1-2-4-17(15)21-18/h1-4,13-14,16,21H,5-12H2,(H,20,23). The predicted octanol–water partition coefficient (Wildman–Crippen LogP) is 3.02. The van der Waals surface area contributed by atoms with Crippen LogP contribution in [0.5, 0.6) is 0 Å². The summed E-state index contributed by atoms with van der Waals surface area (Å²) in [6.07, 6.45) is 5.34. The molecule has 4 rings (SSSR count). The molecule has 2 heterocycles. The number of fused-ring (bicyclic) bond motifs is 1. The quantitative estimate of drug-likeness (QED) is 0.892. The van der Waals surface area contributed by atoms with Gasteiger partial charge in [0.25, 0.3) is 0 Å². The number of nitrogens with one attached hydrogen (secondary N) is 2. The van der Waals surface area contributed by atoms with Gasteiger partial charge < -0.3 is 15.2 Å². The molecule has 0 unspecified atom stereocenters. The molecule has 0 bridgehead atoms. The summed E-state index contributed by atoms with van der Waals surface area (Å²) in [5, 5.41) is 4.38. The van der Waals surface area contributed by atoms with Crippen molar-refractivity contribution in [1.82, 2.24) is 15.2 Å². The number of para-hydroxylation sites is 1. The molecule has 1 aliphatic carbocycles. The van der Waals surface area contributed by atoms with E-state index in [1.807, 2.05) is 0 Å². The Morgan fingerprint density at radius 2 is 1.96 bits per heavy atom. The van der Waals surface area contributed by atoms with Gasteiger partial charge in [0, 0.05) is 36.1 Å². The first-order valence-corrected chi connectivity index (χ1v) is 8.87. The summed E-state index contributed by atoms with van der Waals surface area (Å²) in [5.74, 6) is 0.851. The summed E-state index contributed by atoms with van der Waals surface area (Å²) in [7, 11) is 0. The van der Waals surface area contributed by atoms with Crippen molar-refractivity contribution in [3.05, 3.63) is 36.0 Å². The number of piperidine rings is 1.